The summed E-state index contributed by atoms with van der Waals surface area (Å²) in [5.41, 5.74) is 7.32. The van der Waals surface area contributed by atoms with Crippen LogP contribution >= 0.6 is 24.0 Å². The monoisotopic (exact) mass is 430 g/mol. The predicted molar refractivity (Wildman–Crippen MR) is 109 cm³/mol. The lowest BCUT2D eigenvalue weighted by Crippen LogP contribution is -2.36. The van der Waals surface area contributed by atoms with Crippen molar-refractivity contribution in [2.24, 2.45) is 22.6 Å². The molecular formula is C18H31IN4. The molecule has 5 heteroatoms. The Morgan fingerprint density at radius 3 is 2.78 bits per heavy atom. The molecule has 2 rings (SSSR count). The molecule has 130 valence electrons. The van der Waals surface area contributed by atoms with E-state index in [1.165, 1.54) is 18.5 Å². The third-order valence-electron chi connectivity index (χ3n) is 4.13. The maximum absolute atomic E-state index is 5.89. The van der Waals surface area contributed by atoms with Gasteiger partial charge in [0.25, 0.3) is 0 Å². The van der Waals surface area contributed by atoms with Gasteiger partial charge in [-0.3, -0.25) is 4.99 Å². The van der Waals surface area contributed by atoms with Crippen LogP contribution in [-0.4, -0.2) is 43.6 Å². The first-order valence-corrected chi connectivity index (χ1v) is 8.43. The Morgan fingerprint density at radius 1 is 1.35 bits per heavy atom. The molecule has 3 N–H and O–H groups in total. The Kier molecular flexibility index (Phi) is 9.55. The minimum absolute atomic E-state index is 0. The second kappa shape index (κ2) is 10.9. The predicted octanol–water partition coefficient (Wildman–Crippen LogP) is 2.73. The van der Waals surface area contributed by atoms with Crippen molar-refractivity contribution in [1.82, 2.24) is 10.2 Å². The third-order valence-corrected chi connectivity index (χ3v) is 4.13. The highest BCUT2D eigenvalue weighted by atomic mass is 127. The SMILES string of the molecule is CC(C)CN=C(N)NCC1CCN(CCc2ccccc2)C1.I. The van der Waals surface area contributed by atoms with E-state index in [4.69, 9.17) is 5.73 Å². The van der Waals surface area contributed by atoms with Gasteiger partial charge in [0.1, 0.15) is 0 Å². The Morgan fingerprint density at radius 2 is 2.09 bits per heavy atom. The van der Waals surface area contributed by atoms with E-state index in [0.717, 1.165) is 32.6 Å². The summed E-state index contributed by atoms with van der Waals surface area (Å²) in [7, 11) is 0. The average Bonchev–Trinajstić information content (AvgIpc) is 2.98. The average molecular weight is 430 g/mol. The summed E-state index contributed by atoms with van der Waals surface area (Å²) in [5, 5.41) is 3.28. The fraction of sp³-hybridized carbons (Fsp3) is 0.611. The van der Waals surface area contributed by atoms with Crippen molar-refractivity contribution < 1.29 is 0 Å². The molecule has 1 aromatic rings. The Balaban J connectivity index is 0.00000264. The highest BCUT2D eigenvalue weighted by Gasteiger charge is 2.21. The zero-order valence-electron chi connectivity index (χ0n) is 14.4. The number of guanidine groups is 1. The van der Waals surface area contributed by atoms with Crippen LogP contribution in [-0.2, 0) is 6.42 Å². The molecule has 1 heterocycles. The summed E-state index contributed by atoms with van der Waals surface area (Å²) in [4.78, 5) is 6.91. The van der Waals surface area contributed by atoms with Gasteiger partial charge in [0, 0.05) is 26.2 Å². The van der Waals surface area contributed by atoms with Crippen LogP contribution in [0.25, 0.3) is 0 Å². The number of nitrogens with one attached hydrogen (secondary N) is 1. The molecule has 0 radical (unpaired) electrons. The molecule has 4 nitrogen and oxygen atoms in total. The van der Waals surface area contributed by atoms with Crippen molar-refractivity contribution in [3.8, 4) is 0 Å². The molecule has 0 aromatic heterocycles. The molecule has 0 aliphatic carbocycles. The second-order valence-corrected chi connectivity index (χ2v) is 6.69. The molecule has 0 bridgehead atoms. The number of rotatable bonds is 7. The lowest BCUT2D eigenvalue weighted by atomic mass is 10.1. The summed E-state index contributed by atoms with van der Waals surface area (Å²) < 4.78 is 0. The molecule has 0 spiro atoms. The zero-order valence-corrected chi connectivity index (χ0v) is 16.7. The summed E-state index contributed by atoms with van der Waals surface area (Å²) in [6.07, 6.45) is 2.39. The van der Waals surface area contributed by atoms with Crippen LogP contribution in [0.15, 0.2) is 35.3 Å². The minimum atomic E-state index is 0. The van der Waals surface area contributed by atoms with Crippen LogP contribution in [0.5, 0.6) is 0 Å². The molecule has 1 unspecified atom stereocenters. The van der Waals surface area contributed by atoms with Gasteiger partial charge in [-0.25, -0.2) is 0 Å². The van der Waals surface area contributed by atoms with Crippen molar-refractivity contribution >= 4 is 29.9 Å². The van der Waals surface area contributed by atoms with E-state index in [2.05, 4.69) is 59.4 Å². The molecule has 0 amide bonds. The smallest absolute Gasteiger partial charge is 0.188 e. The van der Waals surface area contributed by atoms with Crippen LogP contribution in [0, 0.1) is 11.8 Å². The van der Waals surface area contributed by atoms with Crippen molar-refractivity contribution in [2.45, 2.75) is 26.7 Å². The van der Waals surface area contributed by atoms with Crippen LogP contribution < -0.4 is 11.1 Å². The molecule has 1 atom stereocenters. The van der Waals surface area contributed by atoms with Gasteiger partial charge >= 0.3 is 0 Å². The van der Waals surface area contributed by atoms with E-state index in [1.807, 2.05) is 0 Å². The normalized spacial score (nSPS) is 18.9. The van der Waals surface area contributed by atoms with Crippen LogP contribution in [0.4, 0.5) is 0 Å². The number of hydrogen-bond acceptors (Lipinski definition) is 2. The highest BCUT2D eigenvalue weighted by molar-refractivity contribution is 14.0. The summed E-state index contributed by atoms with van der Waals surface area (Å²) in [5.74, 6) is 1.83. The van der Waals surface area contributed by atoms with E-state index < -0.39 is 0 Å². The minimum Gasteiger partial charge on any atom is -0.370 e. The van der Waals surface area contributed by atoms with Gasteiger partial charge < -0.3 is 16.0 Å². The quantitative estimate of drug-likeness (QED) is 0.398. The van der Waals surface area contributed by atoms with E-state index in [0.29, 0.717) is 17.8 Å². The summed E-state index contributed by atoms with van der Waals surface area (Å²) in [6.45, 7) is 9.55. The van der Waals surface area contributed by atoms with Crippen LogP contribution in [0.2, 0.25) is 0 Å². The molecule has 1 aliphatic heterocycles. The number of aliphatic imine (C=N–C) groups is 1. The van der Waals surface area contributed by atoms with Gasteiger partial charge in [-0.15, -0.1) is 24.0 Å². The van der Waals surface area contributed by atoms with Crippen molar-refractivity contribution in [1.29, 1.82) is 0 Å². The van der Waals surface area contributed by atoms with Crippen molar-refractivity contribution in [3.63, 3.8) is 0 Å². The molecule has 1 aromatic carbocycles. The van der Waals surface area contributed by atoms with Crippen LogP contribution in [0.3, 0.4) is 0 Å². The maximum atomic E-state index is 5.89. The van der Waals surface area contributed by atoms with Crippen molar-refractivity contribution in [3.05, 3.63) is 35.9 Å². The van der Waals surface area contributed by atoms with Crippen molar-refractivity contribution in [2.75, 3.05) is 32.7 Å². The molecule has 1 aliphatic rings. The first-order chi connectivity index (χ1) is 10.6. The lowest BCUT2D eigenvalue weighted by molar-refractivity contribution is 0.328. The summed E-state index contributed by atoms with van der Waals surface area (Å²) >= 11 is 0. The first kappa shape index (κ1) is 20.2. The molecular weight excluding hydrogens is 399 g/mol. The molecule has 0 saturated carbocycles. The number of benzene rings is 1. The van der Waals surface area contributed by atoms with E-state index in [-0.39, 0.29) is 24.0 Å². The first-order valence-electron chi connectivity index (χ1n) is 8.43. The number of halogens is 1. The van der Waals surface area contributed by atoms with Crippen LogP contribution in [0.1, 0.15) is 25.8 Å². The van der Waals surface area contributed by atoms with Gasteiger partial charge in [0.05, 0.1) is 0 Å². The molecule has 23 heavy (non-hydrogen) atoms. The zero-order chi connectivity index (χ0) is 15.8. The fourth-order valence-corrected chi connectivity index (χ4v) is 2.80. The number of nitrogens with zero attached hydrogens (tertiary/aromatic N) is 2. The molecule has 1 saturated heterocycles. The topological polar surface area (TPSA) is 53.6 Å². The Labute approximate surface area is 157 Å². The third kappa shape index (κ3) is 8.01. The molecule has 1 fully saturated rings. The second-order valence-electron chi connectivity index (χ2n) is 6.69. The number of likely N-dealkylation sites (tertiary alicyclic amines) is 1. The van der Waals surface area contributed by atoms with Gasteiger partial charge in [-0.05, 0) is 36.8 Å². The van der Waals surface area contributed by atoms with E-state index in [9.17, 15) is 0 Å². The fourth-order valence-electron chi connectivity index (χ4n) is 2.80. The van der Waals surface area contributed by atoms with Gasteiger partial charge in [-0.2, -0.15) is 0 Å². The van der Waals surface area contributed by atoms with E-state index in [1.54, 1.807) is 0 Å². The van der Waals surface area contributed by atoms with Gasteiger partial charge in [0.2, 0.25) is 0 Å². The Hall–Kier alpha value is -0.820. The highest BCUT2D eigenvalue weighted by Crippen LogP contribution is 2.15. The summed E-state index contributed by atoms with van der Waals surface area (Å²) in [6, 6.07) is 10.7. The number of nitrogens with two attached hydrogens (primary N) is 1. The largest absolute Gasteiger partial charge is 0.370 e. The maximum Gasteiger partial charge on any atom is 0.188 e. The number of hydrogen-bond donors (Lipinski definition) is 2. The lowest BCUT2D eigenvalue weighted by Gasteiger charge is -2.16. The van der Waals surface area contributed by atoms with Gasteiger partial charge in [0.15, 0.2) is 5.96 Å². The standard InChI is InChI=1S/C18H30N4.HI/c1-15(2)12-20-18(19)21-13-17-9-11-22(14-17)10-8-16-6-4-3-5-7-16;/h3-7,15,17H,8-14H2,1-2H3,(H3,19,20,21);1H. The van der Waals surface area contributed by atoms with Gasteiger partial charge in [-0.1, -0.05) is 44.2 Å². The Bertz CT molecular complexity index is 461. The van der Waals surface area contributed by atoms with E-state index >= 15 is 0 Å².